The number of methoxy groups -OCH3 is 1. The number of amides is 2. The van der Waals surface area contributed by atoms with E-state index in [-0.39, 0.29) is 30.8 Å². The second-order valence-corrected chi connectivity index (χ2v) is 5.85. The van der Waals surface area contributed by atoms with Gasteiger partial charge in [-0.15, -0.1) is 12.4 Å². The van der Waals surface area contributed by atoms with Crippen molar-refractivity contribution in [1.29, 1.82) is 0 Å². The number of rotatable bonds is 6. The molecule has 1 saturated heterocycles. The summed E-state index contributed by atoms with van der Waals surface area (Å²) in [4.78, 5) is 27.8. The van der Waals surface area contributed by atoms with Gasteiger partial charge in [0, 0.05) is 34.3 Å². The predicted molar refractivity (Wildman–Crippen MR) is 84.6 cm³/mol. The maximum Gasteiger partial charge on any atom is 0.241 e. The highest BCUT2D eigenvalue weighted by molar-refractivity contribution is 5.88. The molecule has 1 N–H and O–H groups in total. The molecule has 0 aromatic heterocycles. The Labute approximate surface area is 133 Å². The summed E-state index contributed by atoms with van der Waals surface area (Å²) in [6.45, 7) is 4.61. The minimum atomic E-state index is -0.418. The van der Waals surface area contributed by atoms with Crippen LogP contribution < -0.4 is 5.32 Å². The third kappa shape index (κ3) is 5.80. The Kier molecular flexibility index (Phi) is 8.85. The van der Waals surface area contributed by atoms with Crippen LogP contribution in [0.25, 0.3) is 0 Å². The number of carbonyl (C=O) groups is 2. The third-order valence-corrected chi connectivity index (χ3v) is 3.79. The van der Waals surface area contributed by atoms with Gasteiger partial charge in [-0.2, -0.15) is 0 Å². The zero-order valence-electron chi connectivity index (χ0n) is 13.5. The molecule has 0 spiro atoms. The van der Waals surface area contributed by atoms with E-state index in [1.165, 1.54) is 4.90 Å². The Bertz CT molecular complexity index is 344. The molecule has 0 aromatic rings. The van der Waals surface area contributed by atoms with Crippen molar-refractivity contribution in [1.82, 2.24) is 15.1 Å². The fourth-order valence-corrected chi connectivity index (χ4v) is 2.38. The molecule has 2 amide bonds. The molecular formula is C14H28ClN3O3. The lowest BCUT2D eigenvalue weighted by Gasteiger charge is -2.37. The number of hydrogen-bond acceptors (Lipinski definition) is 4. The van der Waals surface area contributed by atoms with Crippen molar-refractivity contribution in [2.75, 3.05) is 54.0 Å². The van der Waals surface area contributed by atoms with Crippen molar-refractivity contribution in [2.24, 2.45) is 5.41 Å². The molecule has 1 aliphatic rings. The molecule has 1 rings (SSSR count). The summed E-state index contributed by atoms with van der Waals surface area (Å²) in [5, 5.41) is 3.27. The van der Waals surface area contributed by atoms with Crippen LogP contribution in [0.2, 0.25) is 0 Å². The number of hydrogen-bond donors (Lipinski definition) is 1. The molecule has 6 nitrogen and oxygen atoms in total. The topological polar surface area (TPSA) is 61.9 Å². The molecule has 7 heteroatoms. The number of nitrogens with one attached hydrogen (secondary N) is 1. The van der Waals surface area contributed by atoms with Crippen LogP contribution in [0.4, 0.5) is 0 Å². The van der Waals surface area contributed by atoms with Crippen molar-refractivity contribution in [3.05, 3.63) is 0 Å². The summed E-state index contributed by atoms with van der Waals surface area (Å²) in [6, 6.07) is 0. The summed E-state index contributed by atoms with van der Waals surface area (Å²) in [7, 11) is 5.00. The van der Waals surface area contributed by atoms with Crippen LogP contribution >= 0.6 is 12.4 Å². The molecule has 1 aliphatic heterocycles. The highest BCUT2D eigenvalue weighted by Crippen LogP contribution is 2.27. The first-order valence-corrected chi connectivity index (χ1v) is 7.10. The highest BCUT2D eigenvalue weighted by Gasteiger charge is 2.38. The van der Waals surface area contributed by atoms with Gasteiger partial charge in [-0.25, -0.2) is 0 Å². The molecule has 1 atom stereocenters. The lowest BCUT2D eigenvalue weighted by Crippen LogP contribution is -2.53. The van der Waals surface area contributed by atoms with Gasteiger partial charge in [0.25, 0.3) is 0 Å². The largest absolute Gasteiger partial charge is 0.383 e. The first-order valence-electron chi connectivity index (χ1n) is 7.10. The molecule has 0 radical (unpaired) electrons. The zero-order valence-corrected chi connectivity index (χ0v) is 14.3. The normalized spacial score (nSPS) is 21.3. The van der Waals surface area contributed by atoms with Gasteiger partial charge in [-0.3, -0.25) is 9.59 Å². The monoisotopic (exact) mass is 321 g/mol. The van der Waals surface area contributed by atoms with E-state index in [2.05, 4.69) is 5.32 Å². The highest BCUT2D eigenvalue weighted by atomic mass is 35.5. The van der Waals surface area contributed by atoms with E-state index in [0.29, 0.717) is 19.7 Å². The molecule has 0 aliphatic carbocycles. The number of carbonyl (C=O) groups excluding carboxylic acids is 2. The van der Waals surface area contributed by atoms with Crippen LogP contribution in [0.3, 0.4) is 0 Å². The number of likely N-dealkylation sites (N-methyl/N-ethyl adjacent to an activating group) is 1. The van der Waals surface area contributed by atoms with E-state index in [1.807, 2.05) is 6.92 Å². The Morgan fingerprint density at radius 1 is 1.33 bits per heavy atom. The quantitative estimate of drug-likeness (QED) is 0.767. The maximum atomic E-state index is 12.7. The molecule has 0 saturated carbocycles. The predicted octanol–water partition coefficient (Wildman–Crippen LogP) is 0.361. The number of ether oxygens (including phenoxy) is 1. The summed E-state index contributed by atoms with van der Waals surface area (Å²) in [5.41, 5.74) is -0.418. The summed E-state index contributed by atoms with van der Waals surface area (Å²) in [5.74, 6) is -0.0289. The van der Waals surface area contributed by atoms with Gasteiger partial charge in [-0.1, -0.05) is 0 Å². The van der Waals surface area contributed by atoms with Crippen LogP contribution in [-0.4, -0.2) is 75.6 Å². The van der Waals surface area contributed by atoms with Crippen molar-refractivity contribution >= 4 is 24.2 Å². The summed E-state index contributed by atoms with van der Waals surface area (Å²) < 4.78 is 5.05. The standard InChI is InChI=1S/C14H27N3O3.ClH/c1-14(6-5-7-15-11-14)13(19)17(8-9-20-4)10-12(18)16(2)3;/h15H,5-11H2,1-4H3;1H. The maximum absolute atomic E-state index is 12.7. The van der Waals surface area contributed by atoms with E-state index in [9.17, 15) is 9.59 Å². The molecule has 0 bridgehead atoms. The van der Waals surface area contributed by atoms with Crippen LogP contribution in [0, 0.1) is 5.41 Å². The molecule has 1 unspecified atom stereocenters. The zero-order chi connectivity index (χ0) is 15.2. The number of halogens is 1. The molecular weight excluding hydrogens is 294 g/mol. The number of nitrogens with zero attached hydrogens (tertiary/aromatic N) is 2. The molecule has 1 heterocycles. The lowest BCUT2D eigenvalue weighted by atomic mass is 9.81. The van der Waals surface area contributed by atoms with Crippen molar-refractivity contribution in [3.63, 3.8) is 0 Å². The first kappa shape index (κ1) is 20.1. The van der Waals surface area contributed by atoms with Gasteiger partial charge < -0.3 is 19.9 Å². The minimum absolute atomic E-state index is 0. The average Bonchev–Trinajstić information content (AvgIpc) is 2.43. The van der Waals surface area contributed by atoms with Crippen LogP contribution in [0.1, 0.15) is 19.8 Å². The second kappa shape index (κ2) is 9.23. The van der Waals surface area contributed by atoms with Gasteiger partial charge >= 0.3 is 0 Å². The van der Waals surface area contributed by atoms with Crippen molar-refractivity contribution < 1.29 is 14.3 Å². The lowest BCUT2D eigenvalue weighted by molar-refractivity contribution is -0.147. The third-order valence-electron chi connectivity index (χ3n) is 3.79. The van der Waals surface area contributed by atoms with E-state index in [1.54, 1.807) is 26.1 Å². The van der Waals surface area contributed by atoms with E-state index in [0.717, 1.165) is 19.4 Å². The van der Waals surface area contributed by atoms with E-state index < -0.39 is 5.41 Å². The smallest absolute Gasteiger partial charge is 0.241 e. The van der Waals surface area contributed by atoms with E-state index in [4.69, 9.17) is 4.74 Å². The van der Waals surface area contributed by atoms with Crippen LogP contribution in [0.15, 0.2) is 0 Å². The van der Waals surface area contributed by atoms with E-state index >= 15 is 0 Å². The van der Waals surface area contributed by atoms with Crippen molar-refractivity contribution in [3.8, 4) is 0 Å². The van der Waals surface area contributed by atoms with Gasteiger partial charge in [0.15, 0.2) is 0 Å². The van der Waals surface area contributed by atoms with Gasteiger partial charge in [-0.05, 0) is 26.3 Å². The van der Waals surface area contributed by atoms with Crippen LogP contribution in [0.5, 0.6) is 0 Å². The first-order chi connectivity index (χ1) is 9.40. The fraction of sp³-hybridized carbons (Fsp3) is 0.857. The Hall–Kier alpha value is -0.850. The van der Waals surface area contributed by atoms with Crippen molar-refractivity contribution in [2.45, 2.75) is 19.8 Å². The number of piperidine rings is 1. The molecule has 1 fully saturated rings. The summed E-state index contributed by atoms with van der Waals surface area (Å²) in [6.07, 6.45) is 1.85. The van der Waals surface area contributed by atoms with Gasteiger partial charge in [0.2, 0.25) is 11.8 Å². The van der Waals surface area contributed by atoms with Crippen LogP contribution in [-0.2, 0) is 14.3 Å². The fourth-order valence-electron chi connectivity index (χ4n) is 2.38. The Balaban J connectivity index is 0.00000400. The second-order valence-electron chi connectivity index (χ2n) is 5.85. The Morgan fingerprint density at radius 3 is 2.48 bits per heavy atom. The Morgan fingerprint density at radius 2 is 2.00 bits per heavy atom. The minimum Gasteiger partial charge on any atom is -0.383 e. The van der Waals surface area contributed by atoms with Gasteiger partial charge in [0.1, 0.15) is 0 Å². The molecule has 124 valence electrons. The summed E-state index contributed by atoms with van der Waals surface area (Å²) >= 11 is 0. The average molecular weight is 322 g/mol. The van der Waals surface area contributed by atoms with Gasteiger partial charge in [0.05, 0.1) is 18.6 Å². The SMILES string of the molecule is COCCN(CC(=O)N(C)C)C(=O)C1(C)CCCNC1.Cl. The molecule has 0 aromatic carbocycles. The molecule has 21 heavy (non-hydrogen) atoms.